The molecule has 1 heterocycles. The maximum atomic E-state index is 12.1. The molecule has 0 aliphatic heterocycles. The van der Waals surface area contributed by atoms with E-state index in [2.05, 4.69) is 4.74 Å². The van der Waals surface area contributed by atoms with Crippen LogP contribution in [0.5, 0.6) is 5.75 Å². The highest BCUT2D eigenvalue weighted by Gasteiger charge is 2.31. The second kappa shape index (κ2) is 6.00. The summed E-state index contributed by atoms with van der Waals surface area (Å²) in [7, 11) is 0. The highest BCUT2D eigenvalue weighted by Crippen LogP contribution is 2.29. The van der Waals surface area contributed by atoms with Gasteiger partial charge < -0.3 is 14.3 Å². The van der Waals surface area contributed by atoms with Crippen molar-refractivity contribution in [2.45, 2.75) is 19.2 Å². The average molecular weight is 286 g/mol. The molecule has 0 bridgehead atoms. The van der Waals surface area contributed by atoms with Gasteiger partial charge in [0, 0.05) is 18.6 Å². The second-order valence-corrected chi connectivity index (χ2v) is 4.17. The monoisotopic (exact) mass is 286 g/mol. The maximum Gasteiger partial charge on any atom is 0.573 e. The number of rotatable bonds is 5. The van der Waals surface area contributed by atoms with Gasteiger partial charge in [0.05, 0.1) is 0 Å². The molecule has 0 fully saturated rings. The van der Waals surface area contributed by atoms with Gasteiger partial charge in [-0.15, -0.1) is 13.2 Å². The Morgan fingerprint density at radius 2 is 1.95 bits per heavy atom. The molecule has 1 N–H and O–H groups in total. The van der Waals surface area contributed by atoms with E-state index in [0.29, 0.717) is 29.9 Å². The van der Waals surface area contributed by atoms with Crippen molar-refractivity contribution in [1.82, 2.24) is 0 Å². The molecule has 0 radical (unpaired) electrons. The number of aliphatic hydroxyl groups is 1. The summed E-state index contributed by atoms with van der Waals surface area (Å²) in [5.74, 6) is 0.852. The predicted octanol–water partition coefficient (Wildman–Crippen LogP) is 3.77. The van der Waals surface area contributed by atoms with E-state index in [1.54, 1.807) is 18.2 Å². The van der Waals surface area contributed by atoms with Crippen LogP contribution in [0.25, 0.3) is 11.3 Å². The number of furan rings is 1. The molecule has 0 atom stereocenters. The van der Waals surface area contributed by atoms with Crippen molar-refractivity contribution in [3.05, 3.63) is 42.2 Å². The van der Waals surface area contributed by atoms with Crippen molar-refractivity contribution in [2.24, 2.45) is 0 Å². The van der Waals surface area contributed by atoms with E-state index >= 15 is 0 Å². The standard InChI is InChI=1S/C14H13F3O3/c15-14(16,17)20-12-4-1-3-10(9-12)13-7-6-11(19-13)5-2-8-18/h1,3-4,6-7,9,18H,2,5,8H2. The lowest BCUT2D eigenvalue weighted by Crippen LogP contribution is -2.17. The SMILES string of the molecule is OCCCc1ccc(-c2cccc(OC(F)(F)F)c2)o1. The Morgan fingerprint density at radius 1 is 1.15 bits per heavy atom. The molecule has 2 rings (SSSR count). The van der Waals surface area contributed by atoms with E-state index in [1.807, 2.05) is 0 Å². The summed E-state index contributed by atoms with van der Waals surface area (Å²) in [5.41, 5.74) is 0.502. The Labute approximate surface area is 113 Å². The predicted molar refractivity (Wildman–Crippen MR) is 66.2 cm³/mol. The molecule has 3 nitrogen and oxygen atoms in total. The molecule has 0 aliphatic rings. The molecular weight excluding hydrogens is 273 g/mol. The van der Waals surface area contributed by atoms with E-state index in [0.717, 1.165) is 0 Å². The number of halogens is 3. The molecule has 0 saturated heterocycles. The highest BCUT2D eigenvalue weighted by molar-refractivity contribution is 5.59. The van der Waals surface area contributed by atoms with Gasteiger partial charge in [-0.3, -0.25) is 0 Å². The number of hydrogen-bond donors (Lipinski definition) is 1. The Balaban J connectivity index is 2.16. The van der Waals surface area contributed by atoms with Crippen LogP contribution in [0.2, 0.25) is 0 Å². The third-order valence-corrected chi connectivity index (χ3v) is 2.60. The zero-order valence-electron chi connectivity index (χ0n) is 10.5. The summed E-state index contributed by atoms with van der Waals surface area (Å²) in [4.78, 5) is 0. The Hall–Kier alpha value is -1.95. The molecule has 0 saturated carbocycles. The fourth-order valence-electron chi connectivity index (χ4n) is 1.77. The Bertz CT molecular complexity index is 561. The van der Waals surface area contributed by atoms with Gasteiger partial charge in [-0.25, -0.2) is 0 Å². The largest absolute Gasteiger partial charge is 0.573 e. The minimum Gasteiger partial charge on any atom is -0.461 e. The van der Waals surface area contributed by atoms with Gasteiger partial charge in [0.25, 0.3) is 0 Å². The molecule has 0 aliphatic carbocycles. The third-order valence-electron chi connectivity index (χ3n) is 2.60. The van der Waals surface area contributed by atoms with Crippen molar-refractivity contribution >= 4 is 0 Å². The number of alkyl halides is 3. The van der Waals surface area contributed by atoms with E-state index in [9.17, 15) is 13.2 Å². The summed E-state index contributed by atoms with van der Waals surface area (Å²) in [6.07, 6.45) is -3.56. The van der Waals surface area contributed by atoms with Crippen LogP contribution < -0.4 is 4.74 Å². The van der Waals surface area contributed by atoms with Gasteiger partial charge >= 0.3 is 6.36 Å². The van der Waals surface area contributed by atoms with Gasteiger partial charge in [0.2, 0.25) is 0 Å². The lowest BCUT2D eigenvalue weighted by molar-refractivity contribution is -0.274. The minimum absolute atomic E-state index is 0.0605. The van der Waals surface area contributed by atoms with Crippen LogP contribution in [0.4, 0.5) is 13.2 Å². The summed E-state index contributed by atoms with van der Waals surface area (Å²) in [6.45, 7) is 0.0605. The van der Waals surface area contributed by atoms with Crippen LogP contribution in [0.15, 0.2) is 40.8 Å². The molecule has 108 valence electrons. The summed E-state index contributed by atoms with van der Waals surface area (Å²) < 4.78 is 45.8. The van der Waals surface area contributed by atoms with E-state index < -0.39 is 6.36 Å². The number of aryl methyl sites for hydroxylation is 1. The summed E-state index contributed by atoms with van der Waals surface area (Å²) in [6, 6.07) is 9.01. The first-order valence-corrected chi connectivity index (χ1v) is 6.04. The summed E-state index contributed by atoms with van der Waals surface area (Å²) >= 11 is 0. The van der Waals surface area contributed by atoms with E-state index in [-0.39, 0.29) is 12.4 Å². The third kappa shape index (κ3) is 4.03. The lowest BCUT2D eigenvalue weighted by atomic mass is 10.1. The smallest absolute Gasteiger partial charge is 0.461 e. The number of benzene rings is 1. The van der Waals surface area contributed by atoms with Crippen LogP contribution in [-0.4, -0.2) is 18.1 Å². The zero-order chi connectivity index (χ0) is 14.6. The fourth-order valence-corrected chi connectivity index (χ4v) is 1.77. The van der Waals surface area contributed by atoms with Crippen molar-refractivity contribution < 1.29 is 27.4 Å². The summed E-state index contributed by atoms with van der Waals surface area (Å²) in [5, 5.41) is 8.73. The van der Waals surface area contributed by atoms with Crippen LogP contribution in [-0.2, 0) is 6.42 Å². The lowest BCUT2D eigenvalue weighted by Gasteiger charge is -2.09. The number of ether oxygens (including phenoxy) is 1. The molecule has 6 heteroatoms. The number of aliphatic hydroxyl groups excluding tert-OH is 1. The number of hydrogen-bond acceptors (Lipinski definition) is 3. The molecular formula is C14H13F3O3. The van der Waals surface area contributed by atoms with Crippen molar-refractivity contribution in [1.29, 1.82) is 0 Å². The van der Waals surface area contributed by atoms with E-state index in [1.165, 1.54) is 18.2 Å². The van der Waals surface area contributed by atoms with Crippen molar-refractivity contribution in [2.75, 3.05) is 6.61 Å². The molecule has 0 unspecified atom stereocenters. The maximum absolute atomic E-state index is 12.1. The topological polar surface area (TPSA) is 42.6 Å². The Kier molecular flexibility index (Phi) is 4.34. The van der Waals surface area contributed by atoms with Gasteiger partial charge in [-0.05, 0) is 30.7 Å². The molecule has 20 heavy (non-hydrogen) atoms. The first-order chi connectivity index (χ1) is 9.48. The average Bonchev–Trinajstić information content (AvgIpc) is 2.83. The quantitative estimate of drug-likeness (QED) is 0.909. The molecule has 1 aromatic heterocycles. The molecule has 0 amide bonds. The normalized spacial score (nSPS) is 11.6. The van der Waals surface area contributed by atoms with Crippen LogP contribution >= 0.6 is 0 Å². The van der Waals surface area contributed by atoms with Crippen molar-refractivity contribution in [3.8, 4) is 17.1 Å². The molecule has 0 spiro atoms. The van der Waals surface area contributed by atoms with E-state index in [4.69, 9.17) is 9.52 Å². The first kappa shape index (κ1) is 14.5. The zero-order valence-corrected chi connectivity index (χ0v) is 10.5. The van der Waals surface area contributed by atoms with Gasteiger partial charge in [0.1, 0.15) is 17.3 Å². The van der Waals surface area contributed by atoms with Crippen LogP contribution in [0.3, 0.4) is 0 Å². The highest BCUT2D eigenvalue weighted by atomic mass is 19.4. The van der Waals surface area contributed by atoms with Crippen molar-refractivity contribution in [3.63, 3.8) is 0 Å². The second-order valence-electron chi connectivity index (χ2n) is 4.17. The molecule has 1 aromatic carbocycles. The fraction of sp³-hybridized carbons (Fsp3) is 0.286. The molecule has 2 aromatic rings. The first-order valence-electron chi connectivity index (χ1n) is 6.04. The van der Waals surface area contributed by atoms with Crippen LogP contribution in [0.1, 0.15) is 12.2 Å². The minimum atomic E-state index is -4.71. The Morgan fingerprint density at radius 3 is 2.65 bits per heavy atom. The van der Waals surface area contributed by atoms with Gasteiger partial charge in [0.15, 0.2) is 0 Å². The van der Waals surface area contributed by atoms with Gasteiger partial charge in [-0.2, -0.15) is 0 Å². The van der Waals surface area contributed by atoms with Crippen LogP contribution in [0, 0.1) is 0 Å². The van der Waals surface area contributed by atoms with Gasteiger partial charge in [-0.1, -0.05) is 12.1 Å².